The van der Waals surface area contributed by atoms with E-state index in [-0.39, 0.29) is 12.2 Å². The topological polar surface area (TPSA) is 79.1 Å². The van der Waals surface area contributed by atoms with Crippen LogP contribution in [0.25, 0.3) is 16.8 Å². The maximum atomic E-state index is 14.1. The SMILES string of the molecule is CCOC(=O)C1=C(C)N=c2s/c(=C\c3cc(Br)c(OCc4cccc5ccccc45)c(OC)c3)c(=O)n2[C@H]1c1ccc(SC)cc1. The van der Waals surface area contributed by atoms with Crippen molar-refractivity contribution in [3.8, 4) is 11.5 Å². The maximum absolute atomic E-state index is 14.1. The molecule has 0 spiro atoms. The van der Waals surface area contributed by atoms with Crippen molar-refractivity contribution < 1.29 is 19.0 Å². The summed E-state index contributed by atoms with van der Waals surface area (Å²) in [6, 6.07) is 25.3. The van der Waals surface area contributed by atoms with E-state index in [1.165, 1.54) is 11.3 Å². The first-order valence-corrected chi connectivity index (χ1v) is 17.5. The molecule has 2 heterocycles. The molecule has 7 nitrogen and oxygen atoms in total. The smallest absolute Gasteiger partial charge is 0.338 e. The zero-order valence-corrected chi connectivity index (χ0v) is 28.9. The van der Waals surface area contributed by atoms with Gasteiger partial charge in [-0.3, -0.25) is 9.36 Å². The molecular weight excluding hydrogens is 684 g/mol. The first-order valence-electron chi connectivity index (χ1n) is 14.6. The molecule has 0 N–H and O–H groups in total. The van der Waals surface area contributed by atoms with Crippen molar-refractivity contribution in [2.45, 2.75) is 31.4 Å². The molecule has 6 rings (SSSR count). The van der Waals surface area contributed by atoms with Crippen LogP contribution in [-0.2, 0) is 16.1 Å². The fraction of sp³-hybridized carbons (Fsp3) is 0.194. The standard InChI is InChI=1S/C36H31BrN2O5S2/c1-5-43-35(41)31-21(2)38-36-39(32(31)24-13-15-26(45-4)16-14-24)34(40)30(46-36)19-22-17-28(37)33(29(18-22)42-3)44-20-25-11-8-10-23-9-6-7-12-27(23)25/h6-19,32H,5,20H2,1-4H3/b30-19-/t32-/m0/s1. The van der Waals surface area contributed by atoms with Crippen LogP contribution in [0.2, 0.25) is 0 Å². The Morgan fingerprint density at radius 3 is 2.59 bits per heavy atom. The number of rotatable bonds is 9. The Hall–Kier alpha value is -4.12. The quantitative estimate of drug-likeness (QED) is 0.121. The van der Waals surface area contributed by atoms with Gasteiger partial charge in [-0.25, -0.2) is 9.79 Å². The Balaban J connectivity index is 1.39. The van der Waals surface area contributed by atoms with Gasteiger partial charge in [-0.2, -0.15) is 0 Å². The Kier molecular flexibility index (Phi) is 9.49. The van der Waals surface area contributed by atoms with Crippen molar-refractivity contribution in [3.63, 3.8) is 0 Å². The van der Waals surface area contributed by atoms with Gasteiger partial charge in [0.25, 0.3) is 5.56 Å². The second-order valence-corrected chi connectivity index (χ2v) is 13.3. The van der Waals surface area contributed by atoms with Gasteiger partial charge in [0.05, 0.1) is 40.0 Å². The van der Waals surface area contributed by atoms with E-state index in [1.807, 2.05) is 66.9 Å². The summed E-state index contributed by atoms with van der Waals surface area (Å²) in [5, 5.41) is 2.28. The largest absolute Gasteiger partial charge is 0.493 e. The lowest BCUT2D eigenvalue weighted by atomic mass is 9.96. The van der Waals surface area contributed by atoms with Crippen LogP contribution < -0.4 is 24.4 Å². The maximum Gasteiger partial charge on any atom is 0.338 e. The first-order chi connectivity index (χ1) is 22.3. The average Bonchev–Trinajstić information content (AvgIpc) is 3.36. The van der Waals surface area contributed by atoms with Crippen LogP contribution in [0.1, 0.15) is 36.6 Å². The molecule has 0 saturated carbocycles. The summed E-state index contributed by atoms with van der Waals surface area (Å²) >= 11 is 6.57. The summed E-state index contributed by atoms with van der Waals surface area (Å²) in [6.07, 6.45) is 3.81. The number of aromatic nitrogens is 1. The number of carbonyl (C=O) groups excluding carboxylic acids is 1. The molecule has 1 aliphatic rings. The molecule has 1 aromatic heterocycles. The predicted octanol–water partition coefficient (Wildman–Crippen LogP) is 7.02. The summed E-state index contributed by atoms with van der Waals surface area (Å²) < 4.78 is 20.2. The van der Waals surface area contributed by atoms with Crippen LogP contribution in [0.4, 0.5) is 0 Å². The van der Waals surface area contributed by atoms with E-state index in [9.17, 15) is 9.59 Å². The minimum absolute atomic E-state index is 0.219. The van der Waals surface area contributed by atoms with E-state index < -0.39 is 12.0 Å². The highest BCUT2D eigenvalue weighted by Crippen LogP contribution is 2.38. The summed E-state index contributed by atoms with van der Waals surface area (Å²) in [4.78, 5) is 33.5. The fourth-order valence-electron chi connectivity index (χ4n) is 5.58. The number of carbonyl (C=O) groups is 1. The normalized spacial score (nSPS) is 14.6. The highest BCUT2D eigenvalue weighted by molar-refractivity contribution is 9.10. The van der Waals surface area contributed by atoms with Crippen molar-refractivity contribution in [1.82, 2.24) is 4.57 Å². The van der Waals surface area contributed by atoms with Crippen LogP contribution >= 0.6 is 39.0 Å². The van der Waals surface area contributed by atoms with Crippen molar-refractivity contribution >= 4 is 61.8 Å². The van der Waals surface area contributed by atoms with Crippen molar-refractivity contribution in [2.24, 2.45) is 4.99 Å². The third-order valence-electron chi connectivity index (χ3n) is 7.75. The molecule has 0 saturated heterocycles. The van der Waals surface area contributed by atoms with Gasteiger partial charge >= 0.3 is 5.97 Å². The van der Waals surface area contributed by atoms with Gasteiger partial charge in [0.15, 0.2) is 16.3 Å². The number of benzene rings is 4. The number of nitrogens with zero attached hydrogens (tertiary/aromatic N) is 2. The Bertz CT molecular complexity index is 2160. The molecule has 4 aromatic carbocycles. The molecule has 1 aliphatic heterocycles. The van der Waals surface area contributed by atoms with Crippen LogP contribution in [-0.4, -0.2) is 30.5 Å². The van der Waals surface area contributed by atoms with Crippen molar-refractivity contribution in [1.29, 1.82) is 0 Å². The Morgan fingerprint density at radius 1 is 1.09 bits per heavy atom. The van der Waals surface area contributed by atoms with E-state index in [1.54, 1.807) is 37.3 Å². The number of esters is 1. The number of hydrogen-bond acceptors (Lipinski definition) is 8. The summed E-state index contributed by atoms with van der Waals surface area (Å²) in [7, 11) is 1.59. The molecule has 0 amide bonds. The molecule has 0 aliphatic carbocycles. The fourth-order valence-corrected chi connectivity index (χ4v) is 7.60. The first kappa shape index (κ1) is 31.8. The molecule has 10 heteroatoms. The predicted molar refractivity (Wildman–Crippen MR) is 188 cm³/mol. The van der Waals surface area contributed by atoms with Crippen molar-refractivity contribution in [3.05, 3.63) is 131 Å². The van der Waals surface area contributed by atoms with Crippen LogP contribution in [0.5, 0.6) is 11.5 Å². The van der Waals surface area contributed by atoms with Gasteiger partial charge < -0.3 is 14.2 Å². The number of halogens is 1. The number of methoxy groups -OCH3 is 1. The third kappa shape index (κ3) is 6.17. The zero-order valence-electron chi connectivity index (χ0n) is 25.7. The highest BCUT2D eigenvalue weighted by Gasteiger charge is 2.33. The summed E-state index contributed by atoms with van der Waals surface area (Å²) in [6.45, 7) is 4.12. The molecule has 46 heavy (non-hydrogen) atoms. The van der Waals surface area contributed by atoms with E-state index >= 15 is 0 Å². The van der Waals surface area contributed by atoms with Gasteiger partial charge in [0.2, 0.25) is 0 Å². The summed E-state index contributed by atoms with van der Waals surface area (Å²) in [5.41, 5.74) is 3.25. The van der Waals surface area contributed by atoms with Gasteiger partial charge in [0.1, 0.15) is 6.61 Å². The molecular formula is C36H31BrN2O5S2. The lowest BCUT2D eigenvalue weighted by molar-refractivity contribution is -0.139. The van der Waals surface area contributed by atoms with E-state index in [2.05, 4.69) is 45.2 Å². The monoisotopic (exact) mass is 714 g/mol. The lowest BCUT2D eigenvalue weighted by Crippen LogP contribution is -2.39. The van der Waals surface area contributed by atoms with Crippen LogP contribution in [0, 0.1) is 0 Å². The number of ether oxygens (including phenoxy) is 3. The number of thioether (sulfide) groups is 1. The van der Waals surface area contributed by atoms with Crippen molar-refractivity contribution in [2.75, 3.05) is 20.0 Å². The van der Waals surface area contributed by atoms with E-state index in [0.717, 1.165) is 32.4 Å². The molecule has 234 valence electrons. The molecule has 0 fully saturated rings. The second kappa shape index (κ2) is 13.7. The highest BCUT2D eigenvalue weighted by atomic mass is 79.9. The number of allylic oxidation sites excluding steroid dienone is 1. The van der Waals surface area contributed by atoms with E-state index in [0.29, 0.717) is 43.2 Å². The van der Waals surface area contributed by atoms with E-state index in [4.69, 9.17) is 14.2 Å². The molecule has 0 radical (unpaired) electrons. The van der Waals surface area contributed by atoms with Gasteiger partial charge in [0, 0.05) is 4.90 Å². The minimum Gasteiger partial charge on any atom is -0.493 e. The average molecular weight is 716 g/mol. The van der Waals surface area contributed by atoms with Gasteiger partial charge in [-0.1, -0.05) is 65.9 Å². The van der Waals surface area contributed by atoms with Gasteiger partial charge in [-0.05, 0) is 93.8 Å². The zero-order chi connectivity index (χ0) is 32.4. The molecule has 0 unspecified atom stereocenters. The summed E-state index contributed by atoms with van der Waals surface area (Å²) in [5.74, 6) is 0.614. The number of thiazole rings is 1. The third-order valence-corrected chi connectivity index (χ3v) is 10.1. The van der Waals surface area contributed by atoms with Crippen LogP contribution in [0.3, 0.4) is 0 Å². The lowest BCUT2D eigenvalue weighted by Gasteiger charge is -2.24. The van der Waals surface area contributed by atoms with Gasteiger partial charge in [-0.15, -0.1) is 11.8 Å². The minimum atomic E-state index is -0.667. The molecule has 5 aromatic rings. The Labute approximate surface area is 283 Å². The molecule has 0 bridgehead atoms. The Morgan fingerprint density at radius 2 is 1.85 bits per heavy atom. The second-order valence-electron chi connectivity index (χ2n) is 10.5. The molecule has 1 atom stereocenters. The number of fused-ring (bicyclic) bond motifs is 2. The number of hydrogen-bond donors (Lipinski definition) is 0. The van der Waals surface area contributed by atoms with Crippen LogP contribution in [0.15, 0.2) is 109 Å².